The summed E-state index contributed by atoms with van der Waals surface area (Å²) in [5, 5.41) is 0. The van der Waals surface area contributed by atoms with E-state index in [1.165, 1.54) is 19.9 Å². The molecule has 0 aliphatic rings. The van der Waals surface area contributed by atoms with Gasteiger partial charge in [-0.2, -0.15) is 0 Å². The van der Waals surface area contributed by atoms with Gasteiger partial charge in [0.1, 0.15) is 0 Å². The third kappa shape index (κ3) is 5.13. The molecule has 0 saturated heterocycles. The lowest BCUT2D eigenvalue weighted by Gasteiger charge is -2.16. The Labute approximate surface area is 83.2 Å². The van der Waals surface area contributed by atoms with E-state index in [4.69, 9.17) is 9.47 Å². The highest BCUT2D eigenvalue weighted by Gasteiger charge is 2.16. The van der Waals surface area contributed by atoms with Crippen molar-refractivity contribution in [3.63, 3.8) is 0 Å². The molecule has 0 fully saturated rings. The molecule has 0 rings (SSSR count). The van der Waals surface area contributed by atoms with E-state index in [0.29, 0.717) is 5.57 Å². The molecular weight excluding hydrogens is 184 g/mol. The summed E-state index contributed by atoms with van der Waals surface area (Å²) in [6.07, 6.45) is 2.18. The van der Waals surface area contributed by atoms with Gasteiger partial charge in [0, 0.05) is 19.4 Å². The SMILES string of the molecule is C=CC=C(C)C(OC(C)=O)OC(C)=O. The zero-order valence-corrected chi connectivity index (χ0v) is 8.57. The third-order valence-corrected chi connectivity index (χ3v) is 1.30. The van der Waals surface area contributed by atoms with Crippen molar-refractivity contribution in [1.82, 2.24) is 0 Å². The molecule has 14 heavy (non-hydrogen) atoms. The first kappa shape index (κ1) is 12.4. The van der Waals surface area contributed by atoms with Gasteiger partial charge in [-0.3, -0.25) is 9.59 Å². The molecule has 0 aromatic heterocycles. The second kappa shape index (κ2) is 5.96. The molecule has 0 saturated carbocycles. The van der Waals surface area contributed by atoms with Crippen molar-refractivity contribution in [2.24, 2.45) is 0 Å². The summed E-state index contributed by atoms with van der Waals surface area (Å²) >= 11 is 0. The Balaban J connectivity index is 4.53. The van der Waals surface area contributed by atoms with Crippen molar-refractivity contribution < 1.29 is 19.1 Å². The largest absolute Gasteiger partial charge is 0.421 e. The number of rotatable bonds is 4. The predicted molar refractivity (Wildman–Crippen MR) is 51.3 cm³/mol. The maximum Gasteiger partial charge on any atom is 0.305 e. The van der Waals surface area contributed by atoms with E-state index in [-0.39, 0.29) is 0 Å². The van der Waals surface area contributed by atoms with Gasteiger partial charge in [-0.05, 0) is 6.92 Å². The van der Waals surface area contributed by atoms with Crippen molar-refractivity contribution >= 4 is 11.9 Å². The lowest BCUT2D eigenvalue weighted by atomic mass is 10.2. The van der Waals surface area contributed by atoms with Gasteiger partial charge in [0.25, 0.3) is 6.29 Å². The predicted octanol–water partition coefficient (Wildman–Crippen LogP) is 1.57. The Hall–Kier alpha value is -1.58. The molecule has 0 amide bonds. The molecule has 0 unspecified atom stereocenters. The van der Waals surface area contributed by atoms with Crippen molar-refractivity contribution in [3.05, 3.63) is 24.3 Å². The van der Waals surface area contributed by atoms with Crippen molar-refractivity contribution in [2.45, 2.75) is 27.1 Å². The topological polar surface area (TPSA) is 52.6 Å². The van der Waals surface area contributed by atoms with Crippen molar-refractivity contribution in [1.29, 1.82) is 0 Å². The van der Waals surface area contributed by atoms with E-state index in [2.05, 4.69) is 6.58 Å². The summed E-state index contributed by atoms with van der Waals surface area (Å²) in [5.74, 6) is -1.01. The zero-order chi connectivity index (χ0) is 11.1. The van der Waals surface area contributed by atoms with E-state index in [9.17, 15) is 9.59 Å². The minimum absolute atomic E-state index is 0.506. The summed E-state index contributed by atoms with van der Waals surface area (Å²) in [6, 6.07) is 0. The van der Waals surface area contributed by atoms with E-state index in [1.807, 2.05) is 0 Å². The average molecular weight is 198 g/mol. The Kier molecular flexibility index (Phi) is 5.29. The Bertz CT molecular complexity index is 249. The lowest BCUT2D eigenvalue weighted by Crippen LogP contribution is -2.23. The van der Waals surface area contributed by atoms with Crippen LogP contribution in [-0.4, -0.2) is 18.2 Å². The Morgan fingerprint density at radius 1 is 1.14 bits per heavy atom. The number of hydrogen-bond donors (Lipinski definition) is 0. The van der Waals surface area contributed by atoms with Gasteiger partial charge in [0.05, 0.1) is 0 Å². The van der Waals surface area contributed by atoms with Gasteiger partial charge in [0.15, 0.2) is 0 Å². The molecule has 0 atom stereocenters. The molecule has 4 nitrogen and oxygen atoms in total. The van der Waals surface area contributed by atoms with Crippen molar-refractivity contribution in [3.8, 4) is 0 Å². The van der Waals surface area contributed by atoms with E-state index in [1.54, 1.807) is 13.0 Å². The first-order valence-electron chi connectivity index (χ1n) is 4.11. The average Bonchev–Trinajstić information content (AvgIpc) is 2.01. The molecule has 0 spiro atoms. The molecule has 4 heteroatoms. The second-order valence-corrected chi connectivity index (χ2v) is 2.70. The summed E-state index contributed by atoms with van der Waals surface area (Å²) in [7, 11) is 0. The molecule has 0 bridgehead atoms. The van der Waals surface area contributed by atoms with Crippen LogP contribution in [0.1, 0.15) is 20.8 Å². The fourth-order valence-electron chi connectivity index (χ4n) is 0.776. The number of ether oxygens (including phenoxy) is 2. The highest BCUT2D eigenvalue weighted by atomic mass is 16.7. The molecule has 0 radical (unpaired) electrons. The van der Waals surface area contributed by atoms with Crippen LogP contribution in [0.2, 0.25) is 0 Å². The van der Waals surface area contributed by atoms with Crippen LogP contribution in [0, 0.1) is 0 Å². The van der Waals surface area contributed by atoms with Crippen LogP contribution in [0.5, 0.6) is 0 Å². The summed E-state index contributed by atoms with van der Waals surface area (Å²) in [4.78, 5) is 21.4. The second-order valence-electron chi connectivity index (χ2n) is 2.70. The summed E-state index contributed by atoms with van der Waals surface area (Å²) < 4.78 is 9.55. The van der Waals surface area contributed by atoms with Crippen LogP contribution in [0.3, 0.4) is 0 Å². The number of hydrogen-bond acceptors (Lipinski definition) is 4. The van der Waals surface area contributed by atoms with E-state index in [0.717, 1.165) is 0 Å². The molecular formula is C10H14O4. The number of allylic oxidation sites excluding steroid dienone is 2. The van der Waals surface area contributed by atoms with Gasteiger partial charge in [0.2, 0.25) is 0 Å². The number of carbonyl (C=O) groups is 2. The zero-order valence-electron chi connectivity index (χ0n) is 8.57. The third-order valence-electron chi connectivity index (χ3n) is 1.30. The summed E-state index contributed by atoms with van der Waals surface area (Å²) in [5.41, 5.74) is 0.602. The Morgan fingerprint density at radius 2 is 1.57 bits per heavy atom. The minimum Gasteiger partial charge on any atom is -0.421 e. The van der Waals surface area contributed by atoms with Crippen LogP contribution in [0.25, 0.3) is 0 Å². The quantitative estimate of drug-likeness (QED) is 0.391. The van der Waals surface area contributed by atoms with Gasteiger partial charge in [-0.1, -0.05) is 18.7 Å². The van der Waals surface area contributed by atoms with Crippen LogP contribution >= 0.6 is 0 Å². The van der Waals surface area contributed by atoms with Gasteiger partial charge in [-0.25, -0.2) is 0 Å². The first-order chi connectivity index (χ1) is 6.47. The highest BCUT2D eigenvalue weighted by molar-refractivity contribution is 5.68. The van der Waals surface area contributed by atoms with Crippen LogP contribution in [-0.2, 0) is 19.1 Å². The van der Waals surface area contributed by atoms with Crippen molar-refractivity contribution in [2.75, 3.05) is 0 Å². The Morgan fingerprint density at radius 3 is 1.86 bits per heavy atom. The van der Waals surface area contributed by atoms with Gasteiger partial charge < -0.3 is 9.47 Å². The van der Waals surface area contributed by atoms with Gasteiger partial charge >= 0.3 is 11.9 Å². The fourth-order valence-corrected chi connectivity index (χ4v) is 0.776. The van der Waals surface area contributed by atoms with Crippen LogP contribution < -0.4 is 0 Å². The summed E-state index contributed by atoms with van der Waals surface area (Å²) in [6.45, 7) is 7.66. The van der Waals surface area contributed by atoms with E-state index < -0.39 is 18.2 Å². The maximum atomic E-state index is 10.7. The monoisotopic (exact) mass is 198 g/mol. The normalized spacial score (nSPS) is 11.0. The molecule has 0 aliphatic heterocycles. The number of esters is 2. The standard InChI is InChI=1S/C10H14O4/c1-5-6-7(2)10(13-8(3)11)14-9(4)12/h5-6,10H,1H2,2-4H3. The molecule has 0 N–H and O–H groups in total. The molecule has 78 valence electrons. The lowest BCUT2D eigenvalue weighted by molar-refractivity contribution is -0.177. The highest BCUT2D eigenvalue weighted by Crippen LogP contribution is 2.08. The van der Waals surface area contributed by atoms with E-state index >= 15 is 0 Å². The maximum absolute atomic E-state index is 10.7. The van der Waals surface area contributed by atoms with Gasteiger partial charge in [-0.15, -0.1) is 0 Å². The smallest absolute Gasteiger partial charge is 0.305 e. The molecule has 0 aromatic carbocycles. The molecule has 0 heterocycles. The number of carbonyl (C=O) groups excluding carboxylic acids is 2. The minimum atomic E-state index is -0.956. The molecule has 0 aromatic rings. The molecule has 0 aliphatic carbocycles. The van der Waals surface area contributed by atoms with Crippen LogP contribution in [0.15, 0.2) is 24.3 Å². The first-order valence-corrected chi connectivity index (χ1v) is 4.11. The fraction of sp³-hybridized carbons (Fsp3) is 0.400. The van der Waals surface area contributed by atoms with Crippen LogP contribution in [0.4, 0.5) is 0 Å².